The summed E-state index contributed by atoms with van der Waals surface area (Å²) in [5.41, 5.74) is 0.934. The molecule has 172 valence electrons. The first-order chi connectivity index (χ1) is 15.6. The zero-order chi connectivity index (χ0) is 22.4. The number of nitrogens with zero attached hydrogens (tertiary/aromatic N) is 1. The standard InChI is InChI=1S/C23H28N2O6S/c26-23(20-8-2-3-9-21(20)31-17-19-7-5-13-30-19)24-16-18-6-1-4-10-22(18)32(27,28)25-11-14-29-15-12-25/h1-4,6,8-10,19H,5,7,11-17H2,(H,24,26)/t19-/m0/s1. The van der Waals surface area contributed by atoms with Gasteiger partial charge in [-0.2, -0.15) is 4.31 Å². The minimum absolute atomic E-state index is 0.0448. The van der Waals surface area contributed by atoms with Gasteiger partial charge in [0.1, 0.15) is 12.4 Å². The van der Waals surface area contributed by atoms with Crippen molar-refractivity contribution in [2.24, 2.45) is 0 Å². The predicted octanol–water partition coefficient (Wildman–Crippen LogP) is 2.20. The fourth-order valence-electron chi connectivity index (χ4n) is 3.84. The number of hydrogen-bond donors (Lipinski definition) is 1. The second kappa shape index (κ2) is 10.4. The van der Waals surface area contributed by atoms with E-state index in [1.165, 1.54) is 4.31 Å². The first-order valence-electron chi connectivity index (χ1n) is 10.8. The number of ether oxygens (including phenoxy) is 3. The highest BCUT2D eigenvalue weighted by Gasteiger charge is 2.28. The average molecular weight is 461 g/mol. The Hall–Kier alpha value is -2.46. The van der Waals surface area contributed by atoms with Crippen molar-refractivity contribution < 1.29 is 27.4 Å². The summed E-state index contributed by atoms with van der Waals surface area (Å²) < 4.78 is 44.4. The van der Waals surface area contributed by atoms with Gasteiger partial charge in [0.15, 0.2) is 0 Å². The van der Waals surface area contributed by atoms with Crippen LogP contribution in [0.25, 0.3) is 0 Å². The van der Waals surface area contributed by atoms with Crippen LogP contribution in [0, 0.1) is 0 Å². The van der Waals surface area contributed by atoms with Gasteiger partial charge >= 0.3 is 0 Å². The number of carbonyl (C=O) groups is 1. The van der Waals surface area contributed by atoms with Gasteiger partial charge in [-0.15, -0.1) is 0 Å². The number of para-hydroxylation sites is 1. The van der Waals surface area contributed by atoms with Crippen LogP contribution < -0.4 is 10.1 Å². The van der Waals surface area contributed by atoms with E-state index in [9.17, 15) is 13.2 Å². The van der Waals surface area contributed by atoms with Crippen molar-refractivity contribution in [3.05, 3.63) is 59.7 Å². The number of nitrogens with one attached hydrogen (secondary N) is 1. The molecule has 8 nitrogen and oxygen atoms in total. The van der Waals surface area contributed by atoms with Crippen molar-refractivity contribution in [3.8, 4) is 5.75 Å². The molecule has 0 bridgehead atoms. The second-order valence-electron chi connectivity index (χ2n) is 7.75. The molecule has 1 N–H and O–H groups in total. The van der Waals surface area contributed by atoms with Crippen LogP contribution in [0.4, 0.5) is 0 Å². The summed E-state index contributed by atoms with van der Waals surface area (Å²) in [5, 5.41) is 2.84. The molecule has 2 aromatic rings. The lowest BCUT2D eigenvalue weighted by atomic mass is 10.1. The summed E-state index contributed by atoms with van der Waals surface area (Å²) in [7, 11) is -3.67. The molecule has 2 fully saturated rings. The number of carbonyl (C=O) groups excluding carboxylic acids is 1. The Bertz CT molecular complexity index is 1030. The molecule has 1 atom stereocenters. The summed E-state index contributed by atoms with van der Waals surface area (Å²) in [6.45, 7) is 2.60. The van der Waals surface area contributed by atoms with E-state index in [0.717, 1.165) is 19.4 Å². The Morgan fingerprint density at radius 3 is 2.59 bits per heavy atom. The molecule has 0 aromatic heterocycles. The Morgan fingerprint density at radius 2 is 1.81 bits per heavy atom. The van der Waals surface area contributed by atoms with E-state index >= 15 is 0 Å². The summed E-state index contributed by atoms with van der Waals surface area (Å²) in [4.78, 5) is 13.1. The summed E-state index contributed by atoms with van der Waals surface area (Å²) >= 11 is 0. The molecule has 9 heteroatoms. The quantitative estimate of drug-likeness (QED) is 0.649. The lowest BCUT2D eigenvalue weighted by Gasteiger charge is -2.27. The number of sulfonamides is 1. The van der Waals surface area contributed by atoms with E-state index in [2.05, 4.69) is 5.32 Å². The van der Waals surface area contributed by atoms with Crippen LogP contribution in [0.3, 0.4) is 0 Å². The average Bonchev–Trinajstić information content (AvgIpc) is 3.36. The van der Waals surface area contributed by atoms with E-state index < -0.39 is 10.0 Å². The number of hydrogen-bond acceptors (Lipinski definition) is 6. The van der Waals surface area contributed by atoms with E-state index in [-0.39, 0.29) is 23.5 Å². The van der Waals surface area contributed by atoms with Crippen molar-refractivity contribution in [2.45, 2.75) is 30.4 Å². The van der Waals surface area contributed by atoms with Crippen LogP contribution in [0.15, 0.2) is 53.4 Å². The Balaban J connectivity index is 1.45. The van der Waals surface area contributed by atoms with Gasteiger partial charge < -0.3 is 19.5 Å². The van der Waals surface area contributed by atoms with Crippen LogP contribution in [0.5, 0.6) is 5.75 Å². The maximum Gasteiger partial charge on any atom is 0.255 e. The zero-order valence-electron chi connectivity index (χ0n) is 17.9. The molecule has 0 aliphatic carbocycles. The SMILES string of the molecule is O=C(NCc1ccccc1S(=O)(=O)N1CCOCC1)c1ccccc1OC[C@@H]1CCCO1. The van der Waals surface area contributed by atoms with E-state index in [1.54, 1.807) is 42.5 Å². The van der Waals surface area contributed by atoms with Gasteiger partial charge in [0.05, 0.1) is 29.8 Å². The molecular formula is C23H28N2O6S. The van der Waals surface area contributed by atoms with Gasteiger partial charge in [-0.1, -0.05) is 30.3 Å². The van der Waals surface area contributed by atoms with Crippen molar-refractivity contribution in [2.75, 3.05) is 39.5 Å². The van der Waals surface area contributed by atoms with Gasteiger partial charge in [-0.25, -0.2) is 8.42 Å². The van der Waals surface area contributed by atoms with Crippen molar-refractivity contribution in [1.29, 1.82) is 0 Å². The smallest absolute Gasteiger partial charge is 0.255 e. The molecule has 2 aromatic carbocycles. The van der Waals surface area contributed by atoms with Gasteiger partial charge in [-0.3, -0.25) is 4.79 Å². The van der Waals surface area contributed by atoms with Crippen LogP contribution in [0.2, 0.25) is 0 Å². The first kappa shape index (κ1) is 22.7. The molecule has 2 aliphatic heterocycles. The van der Waals surface area contributed by atoms with Gasteiger partial charge in [-0.05, 0) is 36.6 Å². The van der Waals surface area contributed by atoms with E-state index in [4.69, 9.17) is 14.2 Å². The van der Waals surface area contributed by atoms with E-state index in [0.29, 0.717) is 49.8 Å². The number of rotatable bonds is 8. The third-order valence-electron chi connectivity index (χ3n) is 5.58. The zero-order valence-corrected chi connectivity index (χ0v) is 18.7. The van der Waals surface area contributed by atoms with Crippen molar-refractivity contribution in [3.63, 3.8) is 0 Å². The maximum atomic E-state index is 13.1. The normalized spacial score (nSPS) is 19.6. The largest absolute Gasteiger partial charge is 0.490 e. The molecule has 0 saturated carbocycles. The predicted molar refractivity (Wildman–Crippen MR) is 118 cm³/mol. The van der Waals surface area contributed by atoms with Gasteiger partial charge in [0.25, 0.3) is 5.91 Å². The molecule has 2 aliphatic rings. The third kappa shape index (κ3) is 5.29. The molecular weight excluding hydrogens is 432 g/mol. The molecule has 0 radical (unpaired) electrons. The highest BCUT2D eigenvalue weighted by molar-refractivity contribution is 7.89. The monoisotopic (exact) mass is 460 g/mol. The fourth-order valence-corrected chi connectivity index (χ4v) is 5.47. The van der Waals surface area contributed by atoms with E-state index in [1.807, 2.05) is 6.07 Å². The topological polar surface area (TPSA) is 94.2 Å². The Kier molecular flexibility index (Phi) is 7.41. The third-order valence-corrected chi connectivity index (χ3v) is 7.58. The van der Waals surface area contributed by atoms with Crippen LogP contribution in [-0.4, -0.2) is 64.3 Å². The van der Waals surface area contributed by atoms with Gasteiger partial charge in [0, 0.05) is 26.2 Å². The molecule has 2 heterocycles. The molecule has 2 saturated heterocycles. The van der Waals surface area contributed by atoms with Crippen LogP contribution in [0.1, 0.15) is 28.8 Å². The van der Waals surface area contributed by atoms with Crippen molar-refractivity contribution >= 4 is 15.9 Å². The summed E-state index contributed by atoms with van der Waals surface area (Å²) in [6, 6.07) is 13.8. The fraction of sp³-hybridized carbons (Fsp3) is 0.435. The second-order valence-corrected chi connectivity index (χ2v) is 9.66. The summed E-state index contributed by atoms with van der Waals surface area (Å²) in [6.07, 6.45) is 2.01. The lowest BCUT2D eigenvalue weighted by Crippen LogP contribution is -2.41. The molecule has 1 amide bonds. The number of benzene rings is 2. The molecule has 4 rings (SSSR count). The minimum atomic E-state index is -3.67. The molecule has 0 spiro atoms. The highest BCUT2D eigenvalue weighted by atomic mass is 32.2. The first-order valence-corrected chi connectivity index (χ1v) is 12.3. The number of amides is 1. The minimum Gasteiger partial charge on any atom is -0.490 e. The molecule has 32 heavy (non-hydrogen) atoms. The lowest BCUT2D eigenvalue weighted by molar-refractivity contribution is 0.0670. The maximum absolute atomic E-state index is 13.1. The molecule has 0 unspecified atom stereocenters. The van der Waals surface area contributed by atoms with Gasteiger partial charge in [0.2, 0.25) is 10.0 Å². The Labute approximate surface area is 188 Å². The highest BCUT2D eigenvalue weighted by Crippen LogP contribution is 2.23. The Morgan fingerprint density at radius 1 is 1.06 bits per heavy atom. The number of morpholine rings is 1. The van der Waals surface area contributed by atoms with Crippen LogP contribution >= 0.6 is 0 Å². The van der Waals surface area contributed by atoms with Crippen molar-refractivity contribution in [1.82, 2.24) is 9.62 Å². The summed E-state index contributed by atoms with van der Waals surface area (Å²) in [5.74, 6) is 0.154. The van der Waals surface area contributed by atoms with Crippen LogP contribution in [-0.2, 0) is 26.0 Å².